The van der Waals surface area contributed by atoms with Gasteiger partial charge in [-0.1, -0.05) is 6.92 Å². The third kappa shape index (κ3) is 1.93. The van der Waals surface area contributed by atoms with Crippen molar-refractivity contribution in [3.63, 3.8) is 0 Å². The van der Waals surface area contributed by atoms with E-state index in [0.717, 1.165) is 23.7 Å². The highest BCUT2D eigenvalue weighted by molar-refractivity contribution is 9.10. The molecule has 2 fully saturated rings. The van der Waals surface area contributed by atoms with Crippen LogP contribution in [0.3, 0.4) is 0 Å². The zero-order valence-corrected chi connectivity index (χ0v) is 14.1. The number of benzene rings is 1. The molecule has 3 aliphatic carbocycles. The van der Waals surface area contributed by atoms with Gasteiger partial charge in [0.15, 0.2) is 0 Å². The molecule has 0 bridgehead atoms. The standard InChI is InChI=1S/C18H23BrO2/c1-18-7-6-11-12(14(18)4-5-17(18)21)3-2-10-8-16(20)15(19)9-13(10)11/h8-9,11-12,14,17,20-21H,2-7H2,1H3/t11-,12-,14+,17-,18-/m0/s1. The number of hydrogen-bond donors (Lipinski definition) is 2. The summed E-state index contributed by atoms with van der Waals surface area (Å²) in [5.74, 6) is 2.37. The van der Waals surface area contributed by atoms with Crippen LogP contribution in [0.25, 0.3) is 0 Å². The lowest BCUT2D eigenvalue weighted by molar-refractivity contribution is -0.0226. The van der Waals surface area contributed by atoms with Crippen molar-refractivity contribution in [3.8, 4) is 5.75 Å². The molecule has 1 aromatic carbocycles. The highest BCUT2D eigenvalue weighted by Gasteiger charge is 2.54. The Hall–Kier alpha value is -0.540. The first kappa shape index (κ1) is 14.1. The highest BCUT2D eigenvalue weighted by atomic mass is 79.9. The summed E-state index contributed by atoms with van der Waals surface area (Å²) >= 11 is 3.48. The summed E-state index contributed by atoms with van der Waals surface area (Å²) in [6, 6.07) is 4.10. The molecule has 1 aromatic rings. The molecular formula is C18H23BrO2. The van der Waals surface area contributed by atoms with Gasteiger partial charge in [-0.15, -0.1) is 0 Å². The van der Waals surface area contributed by atoms with Gasteiger partial charge < -0.3 is 10.2 Å². The number of aliphatic hydroxyl groups excluding tert-OH is 1. The molecule has 21 heavy (non-hydrogen) atoms. The van der Waals surface area contributed by atoms with Crippen molar-refractivity contribution in [1.82, 2.24) is 0 Å². The maximum Gasteiger partial charge on any atom is 0.130 e. The lowest BCUT2D eigenvalue weighted by Crippen LogP contribution is -2.43. The van der Waals surface area contributed by atoms with Gasteiger partial charge in [0.1, 0.15) is 5.75 Å². The van der Waals surface area contributed by atoms with Gasteiger partial charge in [-0.3, -0.25) is 0 Å². The van der Waals surface area contributed by atoms with Gasteiger partial charge in [0.05, 0.1) is 10.6 Å². The second-order valence-corrected chi connectivity index (χ2v) is 8.41. The molecule has 5 atom stereocenters. The van der Waals surface area contributed by atoms with E-state index in [-0.39, 0.29) is 11.5 Å². The number of hydrogen-bond acceptors (Lipinski definition) is 2. The number of aliphatic hydroxyl groups is 1. The normalized spacial score (nSPS) is 41.3. The minimum atomic E-state index is -0.101. The molecule has 0 unspecified atom stereocenters. The lowest BCUT2D eigenvalue weighted by Gasteiger charge is -2.50. The fraction of sp³-hybridized carbons (Fsp3) is 0.667. The minimum Gasteiger partial charge on any atom is -0.507 e. The summed E-state index contributed by atoms with van der Waals surface area (Å²) in [6.07, 6.45) is 6.67. The molecule has 0 amide bonds. The molecule has 0 radical (unpaired) electrons. The molecular weight excluding hydrogens is 328 g/mol. The molecule has 0 spiro atoms. The zero-order valence-electron chi connectivity index (χ0n) is 12.5. The maximum atomic E-state index is 10.4. The summed E-state index contributed by atoms with van der Waals surface area (Å²) in [6.45, 7) is 2.31. The summed E-state index contributed by atoms with van der Waals surface area (Å²) in [4.78, 5) is 0. The second kappa shape index (κ2) is 4.73. The van der Waals surface area contributed by atoms with Crippen LogP contribution in [0.2, 0.25) is 0 Å². The lowest BCUT2D eigenvalue weighted by atomic mass is 9.55. The molecule has 2 saturated carbocycles. The predicted molar refractivity (Wildman–Crippen MR) is 86.4 cm³/mol. The van der Waals surface area contributed by atoms with Gasteiger partial charge in [0, 0.05) is 0 Å². The van der Waals surface area contributed by atoms with Crippen LogP contribution in [0.15, 0.2) is 16.6 Å². The van der Waals surface area contributed by atoms with Crippen LogP contribution in [0.1, 0.15) is 56.1 Å². The van der Waals surface area contributed by atoms with E-state index >= 15 is 0 Å². The van der Waals surface area contributed by atoms with Crippen LogP contribution in [0.5, 0.6) is 5.75 Å². The predicted octanol–water partition coefficient (Wildman–Crippen LogP) is 4.37. The third-order valence-corrected chi connectivity index (χ3v) is 7.38. The number of rotatable bonds is 0. The van der Waals surface area contributed by atoms with Gasteiger partial charge >= 0.3 is 0 Å². The number of aryl methyl sites for hydroxylation is 1. The van der Waals surface area contributed by atoms with E-state index in [1.54, 1.807) is 0 Å². The van der Waals surface area contributed by atoms with Crippen molar-refractivity contribution in [2.75, 3.05) is 0 Å². The van der Waals surface area contributed by atoms with E-state index in [4.69, 9.17) is 0 Å². The molecule has 3 aliphatic rings. The first-order valence-electron chi connectivity index (χ1n) is 8.20. The van der Waals surface area contributed by atoms with Crippen LogP contribution in [-0.2, 0) is 6.42 Å². The molecule has 4 rings (SSSR count). The van der Waals surface area contributed by atoms with Crippen molar-refractivity contribution < 1.29 is 10.2 Å². The van der Waals surface area contributed by atoms with Crippen LogP contribution in [0.4, 0.5) is 0 Å². The average molecular weight is 351 g/mol. The smallest absolute Gasteiger partial charge is 0.130 e. The van der Waals surface area contributed by atoms with Crippen LogP contribution in [0, 0.1) is 17.3 Å². The van der Waals surface area contributed by atoms with Crippen LogP contribution < -0.4 is 0 Å². The van der Waals surface area contributed by atoms with Crippen molar-refractivity contribution in [2.45, 2.75) is 57.5 Å². The first-order chi connectivity index (χ1) is 10.0. The fourth-order valence-electron chi connectivity index (χ4n) is 5.55. The summed E-state index contributed by atoms with van der Waals surface area (Å²) in [7, 11) is 0. The fourth-order valence-corrected chi connectivity index (χ4v) is 5.91. The molecule has 2 nitrogen and oxygen atoms in total. The maximum absolute atomic E-state index is 10.4. The third-order valence-electron chi connectivity index (χ3n) is 6.74. The quantitative estimate of drug-likeness (QED) is 0.729. The first-order valence-corrected chi connectivity index (χ1v) is 8.99. The topological polar surface area (TPSA) is 40.5 Å². The second-order valence-electron chi connectivity index (χ2n) is 7.56. The summed E-state index contributed by atoms with van der Waals surface area (Å²) < 4.78 is 0.821. The van der Waals surface area contributed by atoms with Gasteiger partial charge in [-0.2, -0.15) is 0 Å². The van der Waals surface area contributed by atoms with E-state index in [1.165, 1.54) is 30.4 Å². The van der Waals surface area contributed by atoms with Gasteiger partial charge in [-0.25, -0.2) is 0 Å². The van der Waals surface area contributed by atoms with Gasteiger partial charge in [0.25, 0.3) is 0 Å². The largest absolute Gasteiger partial charge is 0.507 e. The van der Waals surface area contributed by atoms with Crippen LogP contribution in [-0.4, -0.2) is 16.3 Å². The van der Waals surface area contributed by atoms with E-state index in [2.05, 4.69) is 28.9 Å². The number of halogens is 1. The monoisotopic (exact) mass is 350 g/mol. The molecule has 0 saturated heterocycles. The van der Waals surface area contributed by atoms with Gasteiger partial charge in [0.2, 0.25) is 0 Å². The Balaban J connectivity index is 1.73. The molecule has 0 aromatic heterocycles. The van der Waals surface area contributed by atoms with Crippen molar-refractivity contribution >= 4 is 15.9 Å². The molecule has 0 aliphatic heterocycles. The molecule has 2 N–H and O–H groups in total. The Bertz CT molecular complexity index is 585. The van der Waals surface area contributed by atoms with Crippen molar-refractivity contribution in [3.05, 3.63) is 27.7 Å². The van der Waals surface area contributed by atoms with E-state index in [0.29, 0.717) is 23.5 Å². The van der Waals surface area contributed by atoms with Crippen molar-refractivity contribution in [1.29, 1.82) is 0 Å². The Labute approximate surface area is 134 Å². The molecule has 114 valence electrons. The number of fused-ring (bicyclic) bond motifs is 5. The number of aromatic hydroxyl groups is 1. The van der Waals surface area contributed by atoms with Crippen LogP contribution >= 0.6 is 15.9 Å². The summed E-state index contributed by atoms with van der Waals surface area (Å²) in [5, 5.41) is 20.3. The van der Waals surface area contributed by atoms with E-state index in [1.807, 2.05) is 6.07 Å². The Kier molecular flexibility index (Phi) is 3.17. The van der Waals surface area contributed by atoms with E-state index in [9.17, 15) is 10.2 Å². The Morgan fingerprint density at radius 2 is 2.00 bits per heavy atom. The molecule has 0 heterocycles. The Morgan fingerprint density at radius 1 is 1.19 bits per heavy atom. The number of phenolic OH excluding ortho intramolecular Hbond substituents is 1. The minimum absolute atomic E-state index is 0.101. The Morgan fingerprint density at radius 3 is 2.81 bits per heavy atom. The van der Waals surface area contributed by atoms with Crippen molar-refractivity contribution in [2.24, 2.45) is 17.3 Å². The average Bonchev–Trinajstić information content (AvgIpc) is 2.76. The highest BCUT2D eigenvalue weighted by Crippen LogP contribution is 2.61. The number of phenols is 1. The zero-order chi connectivity index (χ0) is 14.8. The van der Waals surface area contributed by atoms with E-state index < -0.39 is 0 Å². The SMILES string of the molecule is C[C@]12CC[C@@H]3c4cc(Br)c(O)cc4CC[C@@H]3[C@H]1CC[C@@H]2O. The van der Waals surface area contributed by atoms with Gasteiger partial charge in [-0.05, 0) is 101 Å². The summed E-state index contributed by atoms with van der Waals surface area (Å²) in [5.41, 5.74) is 2.92. The molecule has 3 heteroatoms.